The largest absolute Gasteiger partial charge is 0.491 e. The molecule has 5 aromatic rings. The maximum Gasteiger partial charge on any atom is 0.261 e. The van der Waals surface area contributed by atoms with E-state index in [9.17, 15) is 14.4 Å². The molecule has 1 unspecified atom stereocenters. The minimum atomic E-state index is -0.627. The first kappa shape index (κ1) is 35.3. The molecule has 13 nitrogen and oxygen atoms in total. The molecule has 0 bridgehead atoms. The summed E-state index contributed by atoms with van der Waals surface area (Å²) in [7, 11) is 2.25. The monoisotopic (exact) mass is 747 g/mol. The van der Waals surface area contributed by atoms with Crippen molar-refractivity contribution in [3.05, 3.63) is 78.1 Å². The number of amides is 3. The quantitative estimate of drug-likeness (QED) is 0.168. The van der Waals surface area contributed by atoms with Crippen molar-refractivity contribution in [1.29, 1.82) is 0 Å². The van der Waals surface area contributed by atoms with Crippen molar-refractivity contribution in [3.8, 4) is 5.75 Å². The number of benzene rings is 2. The van der Waals surface area contributed by atoms with Gasteiger partial charge >= 0.3 is 0 Å². The molecular weight excluding hydrogens is 702 g/mol. The first-order valence-corrected chi connectivity index (χ1v) is 19.6. The SMILES string of the molecule is CN(C1CCN(c2ccc(C3CCC(=O)NC3=O)c(F)c2)CC1)[C@H]1CC[C@H](n2cc3cc(NC(=O)c4cnn5cccnc45)c(OCC4CC4)cc3n2)CC1. The Labute approximate surface area is 318 Å². The summed E-state index contributed by atoms with van der Waals surface area (Å²) < 4.78 is 25.2. The number of hydrogen-bond donors (Lipinski definition) is 2. The van der Waals surface area contributed by atoms with E-state index in [0.717, 1.165) is 81.0 Å². The van der Waals surface area contributed by atoms with Crippen molar-refractivity contribution in [2.45, 2.75) is 88.3 Å². The molecule has 0 radical (unpaired) electrons. The van der Waals surface area contributed by atoms with E-state index in [1.807, 2.05) is 18.2 Å². The summed E-state index contributed by atoms with van der Waals surface area (Å²) in [4.78, 5) is 46.4. The zero-order chi connectivity index (χ0) is 37.6. The van der Waals surface area contributed by atoms with Crippen LogP contribution in [-0.4, -0.2) is 85.8 Å². The minimum absolute atomic E-state index is 0.228. The van der Waals surface area contributed by atoms with Gasteiger partial charge in [0.05, 0.1) is 36.0 Å². The van der Waals surface area contributed by atoms with E-state index < -0.39 is 11.8 Å². The van der Waals surface area contributed by atoms with Crippen LogP contribution in [0.5, 0.6) is 5.75 Å². The van der Waals surface area contributed by atoms with E-state index in [2.05, 4.69) is 48.4 Å². The average molecular weight is 748 g/mol. The van der Waals surface area contributed by atoms with E-state index in [4.69, 9.17) is 9.84 Å². The molecule has 4 aliphatic rings. The summed E-state index contributed by atoms with van der Waals surface area (Å²) >= 11 is 0. The van der Waals surface area contributed by atoms with Gasteiger partial charge in [0, 0.05) is 72.9 Å². The fraction of sp³-hybridized carbons (Fsp3) is 0.463. The molecule has 5 heterocycles. The lowest BCUT2D eigenvalue weighted by molar-refractivity contribution is -0.134. The predicted molar refractivity (Wildman–Crippen MR) is 205 cm³/mol. The normalized spacial score (nSPS) is 22.4. The molecule has 2 saturated heterocycles. The number of carbonyl (C=O) groups is 3. The number of fused-ring (bicyclic) bond motifs is 2. The van der Waals surface area contributed by atoms with Crippen LogP contribution in [0.4, 0.5) is 15.8 Å². The molecule has 14 heteroatoms. The summed E-state index contributed by atoms with van der Waals surface area (Å²) in [6.07, 6.45) is 16.1. The molecule has 286 valence electrons. The third-order valence-corrected chi connectivity index (χ3v) is 12.2. The van der Waals surface area contributed by atoms with Gasteiger partial charge in [-0.25, -0.2) is 13.9 Å². The van der Waals surface area contributed by atoms with Crippen LogP contribution in [0.15, 0.2) is 61.2 Å². The van der Waals surface area contributed by atoms with Crippen LogP contribution in [0.2, 0.25) is 0 Å². The van der Waals surface area contributed by atoms with Crippen molar-refractivity contribution in [2.24, 2.45) is 5.92 Å². The molecule has 55 heavy (non-hydrogen) atoms. The predicted octanol–water partition coefficient (Wildman–Crippen LogP) is 5.86. The zero-order valence-corrected chi connectivity index (χ0v) is 31.0. The Hall–Kier alpha value is -5.37. The van der Waals surface area contributed by atoms with Gasteiger partial charge in [-0.3, -0.25) is 24.4 Å². The molecule has 1 atom stereocenters. The summed E-state index contributed by atoms with van der Waals surface area (Å²) in [6, 6.07) is 12.1. The fourth-order valence-electron chi connectivity index (χ4n) is 8.69. The number of halogens is 1. The van der Waals surface area contributed by atoms with Gasteiger partial charge in [0.25, 0.3) is 5.91 Å². The number of piperidine rings is 2. The number of anilines is 2. The Morgan fingerprint density at radius 1 is 1.02 bits per heavy atom. The highest BCUT2D eigenvalue weighted by Gasteiger charge is 2.33. The first-order valence-electron chi connectivity index (χ1n) is 19.6. The Balaban J connectivity index is 0.816. The second kappa shape index (κ2) is 14.7. The molecule has 3 amide bonds. The van der Waals surface area contributed by atoms with Crippen LogP contribution < -0.4 is 20.3 Å². The van der Waals surface area contributed by atoms with Gasteiger partial charge in [-0.1, -0.05) is 6.07 Å². The topological polar surface area (TPSA) is 139 Å². The maximum atomic E-state index is 15.2. The molecule has 0 spiro atoms. The molecule has 2 saturated carbocycles. The standard InChI is InChI=1S/C41H46FN9O4/c1-48(28-13-17-49(18-14-28)30-9-10-31(34(42)20-30)32-11-12-38(52)46-40(32)53)27-5-7-29(8-6-27)51-23-26-19-36(37(21-35(26)47-51)55-24-25-3-4-25)45-41(54)33-22-44-50-16-2-15-43-39(33)50/h2,9-10,15-16,19-23,25,27-29,32H,3-8,11-14,17-18,24H2,1H3,(H,45,54)(H,46,52,53)/t27-,29-,32?. The number of carbonyl (C=O) groups excluding carboxylic acids is 3. The smallest absolute Gasteiger partial charge is 0.261 e. The molecule has 2 N–H and O–H groups in total. The third-order valence-electron chi connectivity index (χ3n) is 12.2. The van der Waals surface area contributed by atoms with Crippen molar-refractivity contribution in [2.75, 3.05) is 37.0 Å². The van der Waals surface area contributed by atoms with Crippen molar-refractivity contribution in [1.82, 2.24) is 34.6 Å². The maximum absolute atomic E-state index is 15.2. The summed E-state index contributed by atoms with van der Waals surface area (Å²) in [5, 5.41) is 15.6. The Morgan fingerprint density at radius 3 is 2.58 bits per heavy atom. The van der Waals surface area contributed by atoms with Crippen LogP contribution in [0.1, 0.15) is 92.1 Å². The number of nitrogens with one attached hydrogen (secondary N) is 2. The molecule has 4 fully saturated rings. The average Bonchev–Trinajstić information content (AvgIpc) is 3.78. The van der Waals surface area contributed by atoms with Gasteiger partial charge in [0.2, 0.25) is 11.8 Å². The molecule has 2 aliphatic heterocycles. The Kier molecular flexibility index (Phi) is 9.45. The lowest BCUT2D eigenvalue weighted by Gasteiger charge is -2.43. The minimum Gasteiger partial charge on any atom is -0.491 e. The van der Waals surface area contributed by atoms with Crippen LogP contribution in [0.3, 0.4) is 0 Å². The van der Waals surface area contributed by atoms with Crippen LogP contribution >= 0.6 is 0 Å². The first-order chi connectivity index (χ1) is 26.8. The van der Waals surface area contributed by atoms with Gasteiger partial charge in [-0.05, 0) is 95.0 Å². The van der Waals surface area contributed by atoms with E-state index >= 15 is 4.39 Å². The van der Waals surface area contributed by atoms with Gasteiger partial charge in [-0.15, -0.1) is 0 Å². The van der Waals surface area contributed by atoms with Gasteiger partial charge in [0.15, 0.2) is 5.65 Å². The lowest BCUT2D eigenvalue weighted by atomic mass is 9.88. The van der Waals surface area contributed by atoms with E-state index in [-0.39, 0.29) is 30.1 Å². The molecule has 2 aliphatic carbocycles. The highest BCUT2D eigenvalue weighted by molar-refractivity contribution is 6.09. The number of hydrogen-bond acceptors (Lipinski definition) is 9. The fourth-order valence-corrected chi connectivity index (χ4v) is 8.69. The number of rotatable bonds is 10. The molecule has 3 aromatic heterocycles. The number of aromatic nitrogens is 5. The van der Waals surface area contributed by atoms with Crippen LogP contribution in [-0.2, 0) is 9.59 Å². The van der Waals surface area contributed by atoms with Crippen molar-refractivity contribution in [3.63, 3.8) is 0 Å². The summed E-state index contributed by atoms with van der Waals surface area (Å²) in [6.45, 7) is 2.29. The second-order valence-electron chi connectivity index (χ2n) is 15.7. The van der Waals surface area contributed by atoms with Crippen molar-refractivity contribution < 1.29 is 23.5 Å². The summed E-state index contributed by atoms with van der Waals surface area (Å²) in [5.41, 5.74) is 3.54. The lowest BCUT2D eigenvalue weighted by Crippen LogP contribution is -2.48. The number of imide groups is 1. The van der Waals surface area contributed by atoms with E-state index in [1.54, 1.807) is 35.1 Å². The number of nitrogens with zero attached hydrogens (tertiary/aromatic N) is 7. The molecule has 9 rings (SSSR count). The second-order valence-corrected chi connectivity index (χ2v) is 15.7. The third kappa shape index (κ3) is 7.27. The van der Waals surface area contributed by atoms with Crippen molar-refractivity contribution >= 4 is 45.6 Å². The van der Waals surface area contributed by atoms with Crippen LogP contribution in [0.25, 0.3) is 16.6 Å². The van der Waals surface area contributed by atoms with Gasteiger partial charge < -0.3 is 19.9 Å². The summed E-state index contributed by atoms with van der Waals surface area (Å²) in [5.74, 6) is -0.854. The van der Waals surface area contributed by atoms with Gasteiger partial charge in [0.1, 0.15) is 17.1 Å². The Morgan fingerprint density at radius 2 is 1.82 bits per heavy atom. The molecule has 2 aromatic carbocycles. The van der Waals surface area contributed by atoms with E-state index in [1.165, 1.54) is 6.20 Å². The number of ether oxygens (including phenoxy) is 1. The van der Waals surface area contributed by atoms with E-state index in [0.29, 0.717) is 59.2 Å². The highest BCUT2D eigenvalue weighted by atomic mass is 19.1. The highest BCUT2D eigenvalue weighted by Crippen LogP contribution is 2.38. The molecular formula is C41H46FN9O4. The van der Waals surface area contributed by atoms with Crippen LogP contribution in [0, 0.1) is 11.7 Å². The zero-order valence-electron chi connectivity index (χ0n) is 31.0. The van der Waals surface area contributed by atoms with Gasteiger partial charge in [-0.2, -0.15) is 10.2 Å². The Bertz CT molecular complexity index is 2250.